The number of aliphatic hydroxyl groups excluding tert-OH is 1. The molecule has 1 N–H and O–H groups in total. The van der Waals surface area contributed by atoms with Gasteiger partial charge in [0.15, 0.2) is 0 Å². The van der Waals surface area contributed by atoms with Gasteiger partial charge < -0.3 is 19.3 Å². The topological polar surface area (TPSA) is 70.1 Å². The van der Waals surface area contributed by atoms with E-state index in [0.717, 1.165) is 77.5 Å². The highest BCUT2D eigenvalue weighted by Gasteiger charge is 2.49. The Morgan fingerprint density at radius 2 is 1.00 bits per heavy atom. The highest BCUT2D eigenvalue weighted by molar-refractivity contribution is 6.99. The second-order valence-corrected chi connectivity index (χ2v) is 20.6. The number of carbonyl (C=O) groups is 2. The fourth-order valence-electron chi connectivity index (χ4n) is 7.15. The summed E-state index contributed by atoms with van der Waals surface area (Å²) in [6.45, 7) is 22.5. The Labute approximate surface area is 327 Å². The quantitative estimate of drug-likeness (QED) is 0.0767. The van der Waals surface area contributed by atoms with Gasteiger partial charge in [-0.3, -0.25) is 9.59 Å². The standard InChI is InChI=1S/C31H49NO2Si.C15H31NO2/c1-7-8-9-17-24-30(33)32(27(2)3)25-18-12-19-26-34-35(31(4,5)6,28-20-13-10-14-21-28)29-22-15-11-16-23-29;1-4-5-6-8-11-15(18)16(14(2)3)12-9-7-10-13-17/h10-11,13-16,20-23,27H,7-9,12,17-19,24-26H2,1-6H3;14,17H,4-13H2,1-3H3. The van der Waals surface area contributed by atoms with Gasteiger partial charge in [-0.05, 0) is 94.5 Å². The summed E-state index contributed by atoms with van der Waals surface area (Å²) in [6, 6.07) is 22.2. The Morgan fingerprint density at radius 3 is 1.36 bits per heavy atom. The molecule has 0 aliphatic rings. The number of rotatable bonds is 26. The van der Waals surface area contributed by atoms with Crippen molar-refractivity contribution in [2.75, 3.05) is 26.3 Å². The molecule has 2 aromatic carbocycles. The third kappa shape index (κ3) is 18.1. The maximum absolute atomic E-state index is 12.7. The van der Waals surface area contributed by atoms with E-state index in [4.69, 9.17) is 9.53 Å². The smallest absolute Gasteiger partial charge is 0.261 e. The van der Waals surface area contributed by atoms with Crippen molar-refractivity contribution >= 4 is 30.5 Å². The summed E-state index contributed by atoms with van der Waals surface area (Å²) >= 11 is 0. The molecule has 2 amide bonds. The summed E-state index contributed by atoms with van der Waals surface area (Å²) in [7, 11) is -2.45. The molecule has 2 aromatic rings. The Morgan fingerprint density at radius 1 is 0.604 bits per heavy atom. The van der Waals surface area contributed by atoms with E-state index < -0.39 is 8.32 Å². The predicted octanol–water partition coefficient (Wildman–Crippen LogP) is 10.3. The molecule has 0 aliphatic heterocycles. The van der Waals surface area contributed by atoms with Crippen molar-refractivity contribution in [2.45, 2.75) is 182 Å². The fourth-order valence-corrected chi connectivity index (χ4v) is 11.8. The average Bonchev–Trinajstić information content (AvgIpc) is 3.13. The maximum atomic E-state index is 12.7. The number of nitrogens with zero attached hydrogens (tertiary/aromatic N) is 2. The van der Waals surface area contributed by atoms with Gasteiger partial charge in [0.1, 0.15) is 0 Å². The summed E-state index contributed by atoms with van der Waals surface area (Å²) in [5.41, 5.74) is 0. The van der Waals surface area contributed by atoms with E-state index in [-0.39, 0.29) is 23.7 Å². The van der Waals surface area contributed by atoms with E-state index >= 15 is 0 Å². The van der Waals surface area contributed by atoms with Gasteiger partial charge >= 0.3 is 0 Å². The average molecular weight is 753 g/mol. The lowest BCUT2D eigenvalue weighted by Gasteiger charge is -2.43. The number of amides is 2. The number of aliphatic hydroxyl groups is 1. The molecule has 53 heavy (non-hydrogen) atoms. The first-order valence-corrected chi connectivity index (χ1v) is 23.2. The third-order valence-corrected chi connectivity index (χ3v) is 15.3. The van der Waals surface area contributed by atoms with Gasteiger partial charge in [-0.2, -0.15) is 0 Å². The lowest BCUT2D eigenvalue weighted by molar-refractivity contribution is -0.134. The van der Waals surface area contributed by atoms with Gasteiger partial charge in [0.05, 0.1) is 0 Å². The van der Waals surface area contributed by atoms with Gasteiger partial charge in [0.25, 0.3) is 8.32 Å². The molecule has 0 unspecified atom stereocenters. The number of unbranched alkanes of at least 4 members (excludes halogenated alkanes) is 10. The van der Waals surface area contributed by atoms with E-state index in [0.29, 0.717) is 24.7 Å². The van der Waals surface area contributed by atoms with E-state index in [9.17, 15) is 9.59 Å². The predicted molar refractivity (Wildman–Crippen MR) is 230 cm³/mol. The van der Waals surface area contributed by atoms with Crippen LogP contribution in [-0.4, -0.2) is 73.4 Å². The number of benzene rings is 2. The highest BCUT2D eigenvalue weighted by Crippen LogP contribution is 2.36. The molecule has 0 aromatic heterocycles. The van der Waals surface area contributed by atoms with Crippen LogP contribution in [-0.2, 0) is 14.0 Å². The van der Waals surface area contributed by atoms with E-state index in [1.165, 1.54) is 42.5 Å². The van der Waals surface area contributed by atoms with Crippen molar-refractivity contribution in [3.63, 3.8) is 0 Å². The molecule has 0 heterocycles. The van der Waals surface area contributed by atoms with Crippen LogP contribution in [0.3, 0.4) is 0 Å². The first-order valence-electron chi connectivity index (χ1n) is 21.3. The van der Waals surface area contributed by atoms with Crippen molar-refractivity contribution in [1.82, 2.24) is 9.80 Å². The molecular weight excluding hydrogens is 673 g/mol. The molecule has 0 spiro atoms. The van der Waals surface area contributed by atoms with Crippen LogP contribution in [0.2, 0.25) is 5.04 Å². The maximum Gasteiger partial charge on any atom is 0.261 e. The van der Waals surface area contributed by atoms with Crippen LogP contribution in [0.15, 0.2) is 60.7 Å². The Kier molecular flexibility index (Phi) is 25.6. The summed E-state index contributed by atoms with van der Waals surface area (Å²) in [6.07, 6.45) is 16.6. The Hall–Kier alpha value is -2.48. The van der Waals surface area contributed by atoms with Crippen LogP contribution in [0.4, 0.5) is 0 Å². The monoisotopic (exact) mass is 753 g/mol. The van der Waals surface area contributed by atoms with Crippen LogP contribution >= 0.6 is 0 Å². The molecule has 2 rings (SSSR count). The molecular formula is C46H80N2O4Si. The van der Waals surface area contributed by atoms with E-state index in [1.54, 1.807) is 0 Å². The molecule has 0 aliphatic carbocycles. The van der Waals surface area contributed by atoms with Crippen LogP contribution in [0.1, 0.15) is 165 Å². The zero-order valence-electron chi connectivity index (χ0n) is 35.6. The molecule has 302 valence electrons. The molecule has 6 nitrogen and oxygen atoms in total. The van der Waals surface area contributed by atoms with Crippen molar-refractivity contribution in [3.8, 4) is 0 Å². The fraction of sp³-hybridized carbons (Fsp3) is 0.696. The second-order valence-electron chi connectivity index (χ2n) is 16.3. The van der Waals surface area contributed by atoms with Crippen LogP contribution in [0, 0.1) is 0 Å². The third-order valence-electron chi connectivity index (χ3n) is 10.2. The lowest BCUT2D eigenvalue weighted by Crippen LogP contribution is -2.66. The zero-order chi connectivity index (χ0) is 39.5. The molecule has 0 saturated heterocycles. The minimum Gasteiger partial charge on any atom is -0.407 e. The number of hydrogen-bond acceptors (Lipinski definition) is 4. The number of carbonyl (C=O) groups excluding carboxylic acids is 2. The first kappa shape index (κ1) is 48.5. The van der Waals surface area contributed by atoms with Crippen molar-refractivity contribution in [1.29, 1.82) is 0 Å². The molecule has 0 radical (unpaired) electrons. The summed E-state index contributed by atoms with van der Waals surface area (Å²) in [5.74, 6) is 0.616. The van der Waals surface area contributed by atoms with Gasteiger partial charge in [-0.1, -0.05) is 134 Å². The largest absolute Gasteiger partial charge is 0.407 e. The van der Waals surface area contributed by atoms with Gasteiger partial charge in [-0.15, -0.1) is 0 Å². The van der Waals surface area contributed by atoms with Gasteiger partial charge in [-0.25, -0.2) is 0 Å². The number of hydrogen-bond donors (Lipinski definition) is 1. The molecule has 0 bridgehead atoms. The molecule has 0 fully saturated rings. The van der Waals surface area contributed by atoms with Crippen LogP contribution in [0.25, 0.3) is 0 Å². The van der Waals surface area contributed by atoms with Crippen LogP contribution < -0.4 is 10.4 Å². The van der Waals surface area contributed by atoms with E-state index in [1.807, 2.05) is 4.90 Å². The van der Waals surface area contributed by atoms with E-state index in [2.05, 4.69) is 128 Å². The molecule has 0 atom stereocenters. The van der Waals surface area contributed by atoms with Crippen molar-refractivity contribution in [2.24, 2.45) is 0 Å². The summed E-state index contributed by atoms with van der Waals surface area (Å²) in [4.78, 5) is 28.9. The normalized spacial score (nSPS) is 11.8. The van der Waals surface area contributed by atoms with Crippen molar-refractivity contribution in [3.05, 3.63) is 60.7 Å². The van der Waals surface area contributed by atoms with Gasteiger partial charge in [0, 0.05) is 51.2 Å². The van der Waals surface area contributed by atoms with Gasteiger partial charge in [0.2, 0.25) is 11.8 Å². The van der Waals surface area contributed by atoms with Crippen molar-refractivity contribution < 1.29 is 19.1 Å². The summed E-state index contributed by atoms with van der Waals surface area (Å²) in [5, 5.41) is 11.4. The minimum absolute atomic E-state index is 0.00828. The zero-order valence-corrected chi connectivity index (χ0v) is 36.6. The SMILES string of the molecule is CCCCCCC(=O)N(CCCCCO)C(C)C.CCCCCCC(=O)N(CCCCCO[Si](c1ccccc1)(c1ccccc1)C(C)(C)C)C(C)C. The van der Waals surface area contributed by atoms with Crippen LogP contribution in [0.5, 0.6) is 0 Å². The first-order chi connectivity index (χ1) is 25.4. The Bertz CT molecular complexity index is 1160. The summed E-state index contributed by atoms with van der Waals surface area (Å²) < 4.78 is 7.00. The molecule has 7 heteroatoms. The highest BCUT2D eigenvalue weighted by atomic mass is 28.4. The minimum atomic E-state index is -2.45. The second kappa shape index (κ2) is 28.0. The Balaban J connectivity index is 0.000000659. The lowest BCUT2D eigenvalue weighted by atomic mass is 10.1. The molecule has 0 saturated carbocycles.